The second kappa shape index (κ2) is 8.06. The van der Waals surface area contributed by atoms with Gasteiger partial charge in [0.05, 0.1) is 24.7 Å². The van der Waals surface area contributed by atoms with Crippen LogP contribution in [0.3, 0.4) is 0 Å². The molecule has 9 heteroatoms. The van der Waals surface area contributed by atoms with Crippen molar-refractivity contribution < 1.29 is 17.9 Å². The molecule has 28 heavy (non-hydrogen) atoms. The predicted octanol–water partition coefficient (Wildman–Crippen LogP) is 3.76. The first-order valence-electron chi connectivity index (χ1n) is 8.71. The lowest BCUT2D eigenvalue weighted by Crippen LogP contribution is -2.15. The van der Waals surface area contributed by atoms with Crippen molar-refractivity contribution in [2.75, 3.05) is 27.1 Å². The minimum Gasteiger partial charge on any atom is -0.468 e. The normalized spacial score (nSPS) is 13.0. The van der Waals surface area contributed by atoms with Gasteiger partial charge in [-0.15, -0.1) is 0 Å². The SMILES string of the molecule is CCC(COC)n1c(OC)nc2c(-c3ccc(S(C)(=O)=O)cc3Cl)ccnc21. The molecule has 0 amide bonds. The van der Waals surface area contributed by atoms with E-state index in [0.717, 1.165) is 18.2 Å². The number of pyridine rings is 1. The maximum atomic E-state index is 11.8. The molecule has 0 radical (unpaired) electrons. The molecular formula is C19H22ClN3O4S. The van der Waals surface area contributed by atoms with Crippen molar-refractivity contribution in [2.45, 2.75) is 24.3 Å². The highest BCUT2D eigenvalue weighted by atomic mass is 35.5. The maximum Gasteiger partial charge on any atom is 0.298 e. The zero-order chi connectivity index (χ0) is 20.5. The molecule has 0 aliphatic rings. The fourth-order valence-corrected chi connectivity index (χ4v) is 4.17. The minimum atomic E-state index is -3.34. The number of rotatable bonds is 7. The van der Waals surface area contributed by atoms with Gasteiger partial charge >= 0.3 is 0 Å². The first kappa shape index (κ1) is 20.6. The summed E-state index contributed by atoms with van der Waals surface area (Å²) < 4.78 is 36.3. The van der Waals surface area contributed by atoms with Crippen molar-refractivity contribution in [1.82, 2.24) is 14.5 Å². The average molecular weight is 424 g/mol. The number of imidazole rings is 1. The van der Waals surface area contributed by atoms with Crippen molar-refractivity contribution >= 4 is 32.6 Å². The molecular weight excluding hydrogens is 402 g/mol. The van der Waals surface area contributed by atoms with Gasteiger partial charge in [-0.1, -0.05) is 24.6 Å². The highest BCUT2D eigenvalue weighted by molar-refractivity contribution is 7.90. The second-order valence-electron chi connectivity index (χ2n) is 6.43. The zero-order valence-corrected chi connectivity index (χ0v) is 17.7. The van der Waals surface area contributed by atoms with E-state index < -0.39 is 9.84 Å². The molecule has 3 aromatic rings. The van der Waals surface area contributed by atoms with E-state index in [1.54, 1.807) is 32.5 Å². The Balaban J connectivity index is 2.23. The van der Waals surface area contributed by atoms with E-state index in [-0.39, 0.29) is 10.9 Å². The number of aromatic nitrogens is 3. The van der Waals surface area contributed by atoms with E-state index in [1.165, 1.54) is 12.1 Å². The summed E-state index contributed by atoms with van der Waals surface area (Å²) in [6.07, 6.45) is 3.64. The van der Waals surface area contributed by atoms with Gasteiger partial charge in [-0.25, -0.2) is 13.4 Å². The molecule has 2 aromatic heterocycles. The number of halogens is 1. The summed E-state index contributed by atoms with van der Waals surface area (Å²) in [5.41, 5.74) is 2.71. The molecule has 0 spiro atoms. The van der Waals surface area contributed by atoms with Crippen molar-refractivity contribution in [3.8, 4) is 17.1 Å². The van der Waals surface area contributed by atoms with Gasteiger partial charge in [-0.2, -0.15) is 4.98 Å². The number of ether oxygens (including phenoxy) is 2. The van der Waals surface area contributed by atoms with Gasteiger partial charge in [0.1, 0.15) is 5.52 Å². The summed E-state index contributed by atoms with van der Waals surface area (Å²) >= 11 is 6.42. The van der Waals surface area contributed by atoms with Crippen LogP contribution in [0.15, 0.2) is 35.4 Å². The summed E-state index contributed by atoms with van der Waals surface area (Å²) in [5.74, 6) is 0. The van der Waals surface area contributed by atoms with Crippen LogP contribution in [0.4, 0.5) is 0 Å². The fourth-order valence-electron chi connectivity index (χ4n) is 3.17. The molecule has 1 aromatic carbocycles. The van der Waals surface area contributed by atoms with Gasteiger partial charge in [0.2, 0.25) is 0 Å². The number of hydrogen-bond donors (Lipinski definition) is 0. The van der Waals surface area contributed by atoms with Gasteiger partial charge in [-0.3, -0.25) is 4.57 Å². The molecule has 0 fully saturated rings. The molecule has 0 aliphatic carbocycles. The quantitative estimate of drug-likeness (QED) is 0.575. The summed E-state index contributed by atoms with van der Waals surface area (Å²) in [7, 11) is -0.135. The Kier molecular flexibility index (Phi) is 5.92. The van der Waals surface area contributed by atoms with Gasteiger partial charge in [0.15, 0.2) is 15.5 Å². The third kappa shape index (κ3) is 3.72. The summed E-state index contributed by atoms with van der Waals surface area (Å²) in [5, 5.41) is 0.327. The van der Waals surface area contributed by atoms with Crippen LogP contribution in [0, 0.1) is 0 Å². The number of sulfone groups is 1. The molecule has 3 rings (SSSR count). The molecule has 2 heterocycles. The molecule has 0 saturated heterocycles. The van der Waals surface area contributed by atoms with Crippen molar-refractivity contribution in [3.05, 3.63) is 35.5 Å². The van der Waals surface area contributed by atoms with Gasteiger partial charge in [-0.05, 0) is 24.6 Å². The maximum absolute atomic E-state index is 11.8. The summed E-state index contributed by atoms with van der Waals surface area (Å²) in [6, 6.07) is 6.92. The molecule has 1 atom stereocenters. The van der Waals surface area contributed by atoms with Crippen LogP contribution in [-0.2, 0) is 14.6 Å². The van der Waals surface area contributed by atoms with Gasteiger partial charge in [0, 0.05) is 35.7 Å². The lowest BCUT2D eigenvalue weighted by molar-refractivity contribution is 0.149. The molecule has 0 aliphatic heterocycles. The van der Waals surface area contributed by atoms with Crippen LogP contribution in [0.2, 0.25) is 5.02 Å². The Morgan fingerprint density at radius 2 is 1.96 bits per heavy atom. The zero-order valence-electron chi connectivity index (χ0n) is 16.1. The number of nitrogens with zero attached hydrogens (tertiary/aromatic N) is 3. The topological polar surface area (TPSA) is 83.3 Å². The highest BCUT2D eigenvalue weighted by Gasteiger charge is 2.23. The molecule has 0 bridgehead atoms. The van der Waals surface area contributed by atoms with E-state index >= 15 is 0 Å². The Labute approximate surface area is 169 Å². The van der Waals surface area contributed by atoms with E-state index in [4.69, 9.17) is 21.1 Å². The summed E-state index contributed by atoms with van der Waals surface area (Å²) in [4.78, 5) is 9.28. The van der Waals surface area contributed by atoms with Crippen molar-refractivity contribution in [2.24, 2.45) is 0 Å². The van der Waals surface area contributed by atoms with Crippen LogP contribution >= 0.6 is 11.6 Å². The predicted molar refractivity (Wildman–Crippen MR) is 109 cm³/mol. The van der Waals surface area contributed by atoms with E-state index in [2.05, 4.69) is 16.9 Å². The monoisotopic (exact) mass is 423 g/mol. The highest BCUT2D eigenvalue weighted by Crippen LogP contribution is 2.36. The Hall–Kier alpha value is -2.16. The third-order valence-electron chi connectivity index (χ3n) is 4.58. The number of methoxy groups -OCH3 is 2. The lowest BCUT2D eigenvalue weighted by Gasteiger charge is -2.18. The first-order chi connectivity index (χ1) is 13.3. The van der Waals surface area contributed by atoms with Crippen LogP contribution in [-0.4, -0.2) is 50.0 Å². The van der Waals surface area contributed by atoms with E-state index in [9.17, 15) is 8.42 Å². The molecule has 7 nitrogen and oxygen atoms in total. The van der Waals surface area contributed by atoms with Crippen LogP contribution in [0.1, 0.15) is 19.4 Å². The number of benzene rings is 1. The standard InChI is InChI=1S/C19H22ClN3O4S/c1-5-12(11-26-2)23-18-17(22-19(23)27-3)15(8-9-21-18)14-7-6-13(10-16(14)20)28(4,24)25/h6-10,12H,5,11H2,1-4H3. The second-order valence-corrected chi connectivity index (χ2v) is 8.85. The third-order valence-corrected chi connectivity index (χ3v) is 6.01. The number of hydrogen-bond acceptors (Lipinski definition) is 6. The molecule has 0 saturated carbocycles. The minimum absolute atomic E-state index is 0.00998. The smallest absolute Gasteiger partial charge is 0.298 e. The van der Waals surface area contributed by atoms with Crippen LogP contribution in [0.25, 0.3) is 22.3 Å². The Morgan fingerprint density at radius 3 is 2.54 bits per heavy atom. The van der Waals surface area contributed by atoms with E-state index in [0.29, 0.717) is 34.4 Å². The fraction of sp³-hybridized carbons (Fsp3) is 0.368. The molecule has 1 unspecified atom stereocenters. The lowest BCUT2D eigenvalue weighted by atomic mass is 10.1. The van der Waals surface area contributed by atoms with Crippen molar-refractivity contribution in [1.29, 1.82) is 0 Å². The summed E-state index contributed by atoms with van der Waals surface area (Å²) in [6.45, 7) is 2.55. The van der Waals surface area contributed by atoms with Crippen LogP contribution in [0.5, 0.6) is 6.01 Å². The number of fused-ring (bicyclic) bond motifs is 1. The average Bonchev–Trinajstić information content (AvgIpc) is 3.04. The van der Waals surface area contributed by atoms with Crippen molar-refractivity contribution in [3.63, 3.8) is 0 Å². The van der Waals surface area contributed by atoms with E-state index in [1.807, 2.05) is 4.57 Å². The largest absolute Gasteiger partial charge is 0.468 e. The Morgan fingerprint density at radius 1 is 1.21 bits per heavy atom. The van der Waals surface area contributed by atoms with Gasteiger partial charge in [0.25, 0.3) is 6.01 Å². The first-order valence-corrected chi connectivity index (χ1v) is 11.0. The molecule has 150 valence electrons. The Bertz CT molecular complexity index is 1110. The van der Waals surface area contributed by atoms with Crippen LogP contribution < -0.4 is 4.74 Å². The van der Waals surface area contributed by atoms with Gasteiger partial charge < -0.3 is 9.47 Å². The molecule has 0 N–H and O–H groups in total.